The number of nitrogens with zero attached hydrogens (tertiary/aromatic N) is 3. The number of aromatic nitrogens is 1. The van der Waals surface area contributed by atoms with Crippen LogP contribution in [0.25, 0.3) is 0 Å². The Kier molecular flexibility index (Phi) is 6.62. The zero-order valence-corrected chi connectivity index (χ0v) is 17.7. The van der Waals surface area contributed by atoms with E-state index >= 15 is 0 Å². The number of morpholine rings is 1. The van der Waals surface area contributed by atoms with Gasteiger partial charge in [0, 0.05) is 45.0 Å². The third kappa shape index (κ3) is 5.34. The number of likely N-dealkylation sites (tertiary alicyclic amines) is 1. The predicted octanol–water partition coefficient (Wildman–Crippen LogP) is 2.00. The molecule has 0 radical (unpaired) electrons. The molecule has 2 saturated heterocycles. The van der Waals surface area contributed by atoms with E-state index in [0.717, 1.165) is 56.9 Å². The quantitative estimate of drug-likeness (QED) is 0.750. The Balaban J connectivity index is 1.30. The lowest BCUT2D eigenvalue weighted by molar-refractivity contribution is 0.122. The summed E-state index contributed by atoms with van der Waals surface area (Å²) >= 11 is 0. The maximum absolute atomic E-state index is 13.0. The van der Waals surface area contributed by atoms with Crippen molar-refractivity contribution in [3.8, 4) is 0 Å². The number of nitrogens with one attached hydrogen (secondary N) is 1. The van der Waals surface area contributed by atoms with Crippen molar-refractivity contribution in [2.75, 3.05) is 44.3 Å². The predicted molar refractivity (Wildman–Crippen MR) is 112 cm³/mol. The number of rotatable bonds is 6. The maximum atomic E-state index is 13.0. The lowest BCUT2D eigenvalue weighted by Gasteiger charge is -2.32. The van der Waals surface area contributed by atoms with Gasteiger partial charge >= 0.3 is 0 Å². The average molecular weight is 435 g/mol. The van der Waals surface area contributed by atoms with Gasteiger partial charge in [0.05, 0.1) is 13.2 Å². The molecule has 1 aromatic heterocycles. The van der Waals surface area contributed by atoms with E-state index in [1.165, 1.54) is 18.3 Å². The Morgan fingerprint density at radius 2 is 1.73 bits per heavy atom. The van der Waals surface area contributed by atoms with Crippen molar-refractivity contribution in [1.82, 2.24) is 14.6 Å². The molecule has 1 N–H and O–H groups in total. The molecule has 0 bridgehead atoms. The molecule has 4 rings (SSSR count). The highest BCUT2D eigenvalue weighted by molar-refractivity contribution is 7.89. The van der Waals surface area contributed by atoms with Gasteiger partial charge in [-0.25, -0.2) is 22.5 Å². The summed E-state index contributed by atoms with van der Waals surface area (Å²) < 4.78 is 46.7. The molecule has 9 heteroatoms. The lowest BCUT2D eigenvalue weighted by atomic mass is 10.1. The Bertz CT molecular complexity index is 924. The Hall–Kier alpha value is -2.07. The van der Waals surface area contributed by atoms with Gasteiger partial charge in [0.1, 0.15) is 16.5 Å². The second-order valence-corrected chi connectivity index (χ2v) is 9.46. The van der Waals surface area contributed by atoms with Gasteiger partial charge in [-0.2, -0.15) is 0 Å². The SMILES string of the molecule is O=S(=O)(NC1CCN(Cc2ccc(F)cc2)CC1)c1ccc(N2CCOCC2)nc1. The first-order chi connectivity index (χ1) is 14.5. The van der Waals surface area contributed by atoms with Crippen molar-refractivity contribution < 1.29 is 17.5 Å². The number of halogens is 1. The minimum Gasteiger partial charge on any atom is -0.378 e. The van der Waals surface area contributed by atoms with Gasteiger partial charge in [0.2, 0.25) is 10.0 Å². The second kappa shape index (κ2) is 9.38. The summed E-state index contributed by atoms with van der Waals surface area (Å²) in [6.07, 6.45) is 2.90. The molecule has 1 aromatic carbocycles. The molecule has 0 saturated carbocycles. The van der Waals surface area contributed by atoms with Crippen LogP contribution in [-0.2, 0) is 21.3 Å². The molecular formula is C21H27FN4O3S. The fraction of sp³-hybridized carbons (Fsp3) is 0.476. The van der Waals surface area contributed by atoms with Gasteiger partial charge in [-0.1, -0.05) is 12.1 Å². The first kappa shape index (κ1) is 21.2. The molecule has 7 nitrogen and oxygen atoms in total. The van der Waals surface area contributed by atoms with Crippen LogP contribution < -0.4 is 9.62 Å². The molecule has 2 aromatic rings. The third-order valence-electron chi connectivity index (χ3n) is 5.59. The number of sulfonamides is 1. The number of piperidine rings is 1. The standard InChI is InChI=1S/C21H27FN4O3S/c22-18-3-1-17(2-4-18)16-25-9-7-19(8-10-25)24-30(27,28)20-5-6-21(23-15-20)26-11-13-29-14-12-26/h1-6,15,19,24H,7-14,16H2. The van der Waals surface area contributed by atoms with Gasteiger partial charge in [0.15, 0.2) is 0 Å². The highest BCUT2D eigenvalue weighted by atomic mass is 32.2. The van der Waals surface area contributed by atoms with Crippen molar-refractivity contribution in [3.63, 3.8) is 0 Å². The van der Waals surface area contributed by atoms with E-state index in [0.29, 0.717) is 13.2 Å². The topological polar surface area (TPSA) is 74.8 Å². The van der Waals surface area contributed by atoms with Crippen LogP contribution in [0.5, 0.6) is 0 Å². The van der Waals surface area contributed by atoms with Crippen LogP contribution in [0.15, 0.2) is 47.5 Å². The van der Waals surface area contributed by atoms with Crippen LogP contribution in [0, 0.1) is 5.82 Å². The summed E-state index contributed by atoms with van der Waals surface area (Å²) in [5, 5.41) is 0. The van der Waals surface area contributed by atoms with Gasteiger partial charge in [-0.15, -0.1) is 0 Å². The summed E-state index contributed by atoms with van der Waals surface area (Å²) in [7, 11) is -3.60. The van der Waals surface area contributed by atoms with Crippen molar-refractivity contribution >= 4 is 15.8 Å². The smallest absolute Gasteiger partial charge is 0.242 e. The van der Waals surface area contributed by atoms with Crippen molar-refractivity contribution in [2.24, 2.45) is 0 Å². The minimum absolute atomic E-state index is 0.0987. The van der Waals surface area contributed by atoms with E-state index in [2.05, 4.69) is 19.5 Å². The second-order valence-electron chi connectivity index (χ2n) is 7.75. The van der Waals surface area contributed by atoms with E-state index in [9.17, 15) is 12.8 Å². The van der Waals surface area contributed by atoms with E-state index in [1.807, 2.05) is 0 Å². The average Bonchev–Trinajstić information content (AvgIpc) is 2.77. The van der Waals surface area contributed by atoms with Crippen LogP contribution in [0.2, 0.25) is 0 Å². The number of benzene rings is 1. The fourth-order valence-corrected chi connectivity index (χ4v) is 5.10. The Labute approximate surface area is 176 Å². The van der Waals surface area contributed by atoms with Gasteiger partial charge in [-0.3, -0.25) is 4.90 Å². The summed E-state index contributed by atoms with van der Waals surface area (Å²) in [6.45, 7) is 5.15. The van der Waals surface area contributed by atoms with Crippen LogP contribution in [0.1, 0.15) is 18.4 Å². The first-order valence-corrected chi connectivity index (χ1v) is 11.8. The number of anilines is 1. The molecule has 0 unspecified atom stereocenters. The Morgan fingerprint density at radius 3 is 2.37 bits per heavy atom. The molecule has 0 spiro atoms. The van der Waals surface area contributed by atoms with E-state index in [1.54, 1.807) is 24.3 Å². The zero-order chi connectivity index (χ0) is 21.0. The maximum Gasteiger partial charge on any atom is 0.242 e. The van der Waals surface area contributed by atoms with E-state index in [-0.39, 0.29) is 16.8 Å². The van der Waals surface area contributed by atoms with Gasteiger partial charge in [-0.05, 0) is 42.7 Å². The van der Waals surface area contributed by atoms with Crippen LogP contribution in [0.4, 0.5) is 10.2 Å². The molecular weight excluding hydrogens is 407 g/mol. The molecule has 2 fully saturated rings. The third-order valence-corrected chi connectivity index (χ3v) is 7.10. The largest absolute Gasteiger partial charge is 0.378 e. The number of pyridine rings is 1. The lowest BCUT2D eigenvalue weighted by Crippen LogP contribution is -2.44. The summed E-state index contributed by atoms with van der Waals surface area (Å²) in [6, 6.07) is 9.78. The van der Waals surface area contributed by atoms with E-state index in [4.69, 9.17) is 4.74 Å². The minimum atomic E-state index is -3.60. The zero-order valence-electron chi connectivity index (χ0n) is 16.8. The molecule has 0 amide bonds. The summed E-state index contributed by atoms with van der Waals surface area (Å²) in [4.78, 5) is 8.88. The highest BCUT2D eigenvalue weighted by Crippen LogP contribution is 2.19. The van der Waals surface area contributed by atoms with Crippen LogP contribution in [0.3, 0.4) is 0 Å². The summed E-state index contributed by atoms with van der Waals surface area (Å²) in [5.74, 6) is 0.533. The molecule has 30 heavy (non-hydrogen) atoms. The first-order valence-electron chi connectivity index (χ1n) is 10.3. The monoisotopic (exact) mass is 434 g/mol. The molecule has 2 aliphatic heterocycles. The molecule has 0 aliphatic carbocycles. The molecule has 0 atom stereocenters. The molecule has 2 aliphatic rings. The van der Waals surface area contributed by atoms with Gasteiger partial charge in [0.25, 0.3) is 0 Å². The number of hydrogen-bond acceptors (Lipinski definition) is 6. The van der Waals surface area contributed by atoms with Gasteiger partial charge < -0.3 is 9.64 Å². The molecule has 3 heterocycles. The normalized spacial score (nSPS) is 19.2. The summed E-state index contributed by atoms with van der Waals surface area (Å²) in [5.41, 5.74) is 1.06. The van der Waals surface area contributed by atoms with Crippen molar-refractivity contribution in [1.29, 1.82) is 0 Å². The van der Waals surface area contributed by atoms with Crippen LogP contribution in [-0.4, -0.2) is 63.7 Å². The number of ether oxygens (including phenoxy) is 1. The highest BCUT2D eigenvalue weighted by Gasteiger charge is 2.25. The Morgan fingerprint density at radius 1 is 1.03 bits per heavy atom. The van der Waals surface area contributed by atoms with E-state index < -0.39 is 10.0 Å². The van der Waals surface area contributed by atoms with Crippen molar-refractivity contribution in [3.05, 3.63) is 54.0 Å². The van der Waals surface area contributed by atoms with Crippen LogP contribution >= 0.6 is 0 Å². The van der Waals surface area contributed by atoms with Crippen molar-refractivity contribution in [2.45, 2.75) is 30.3 Å². The number of hydrogen-bond donors (Lipinski definition) is 1. The fourth-order valence-electron chi connectivity index (χ4n) is 3.86. The molecule has 162 valence electrons.